The van der Waals surface area contributed by atoms with Crippen molar-refractivity contribution in [3.05, 3.63) is 93.0 Å². The van der Waals surface area contributed by atoms with Crippen LogP contribution in [0.15, 0.2) is 54.6 Å². The summed E-state index contributed by atoms with van der Waals surface area (Å²) in [5.41, 5.74) is -3.01. The predicted octanol–water partition coefficient (Wildman–Crippen LogP) is 8.43. The highest BCUT2D eigenvalue weighted by atomic mass is 35.5. The fraction of sp³-hybridized carbons (Fsp3) is 0.465. The molecule has 60 heavy (non-hydrogen) atoms. The lowest BCUT2D eigenvalue weighted by molar-refractivity contribution is -0.118. The van der Waals surface area contributed by atoms with Crippen LogP contribution in [-0.4, -0.2) is 91.1 Å². The van der Waals surface area contributed by atoms with Crippen molar-refractivity contribution in [1.82, 2.24) is 15.1 Å². The van der Waals surface area contributed by atoms with E-state index in [9.17, 15) is 24.4 Å². The van der Waals surface area contributed by atoms with E-state index < -0.39 is 76.4 Å². The standard InChI is InChI=1S/C43H49Cl2F2N5O8/c1-24(59-39(55)51-16-18-52(19-17-51)40(56)60-42(5,6)7)58-38(54)25-12-15-31(32(20-25)57-8)49-37(53)36-34(27-10-9-11-29(45)35(27)47)43(23-48,33(50-36)22-41(2,3)4)28-14-13-26(44)21-30(28)46/h9-15,20-21,24,33-34,36,50H,16-19,22H2,1-8H3,(H,49,53)/t24?,33-,34-,36+,43-/m0/s1. The number of nitriles is 1. The minimum absolute atomic E-state index is 0.0106. The van der Waals surface area contributed by atoms with Crippen LogP contribution in [0.4, 0.5) is 24.1 Å². The van der Waals surface area contributed by atoms with Gasteiger partial charge < -0.3 is 39.4 Å². The van der Waals surface area contributed by atoms with E-state index in [4.69, 9.17) is 42.1 Å². The molecule has 0 aromatic heterocycles. The van der Waals surface area contributed by atoms with E-state index in [-0.39, 0.29) is 70.8 Å². The minimum atomic E-state index is -1.85. The summed E-state index contributed by atoms with van der Waals surface area (Å²) < 4.78 is 53.8. The van der Waals surface area contributed by atoms with Gasteiger partial charge in [0, 0.05) is 55.6 Å². The molecule has 0 bridgehead atoms. The fourth-order valence-corrected chi connectivity index (χ4v) is 7.89. The number of carbonyl (C=O) groups excluding carboxylic acids is 4. The zero-order valence-electron chi connectivity index (χ0n) is 34.7. The molecular weight excluding hydrogens is 823 g/mol. The molecule has 3 aromatic rings. The fourth-order valence-electron chi connectivity index (χ4n) is 7.55. The molecule has 3 amide bonds. The molecule has 3 aromatic carbocycles. The van der Waals surface area contributed by atoms with Gasteiger partial charge in [-0.15, -0.1) is 0 Å². The number of benzene rings is 3. The first-order valence-electron chi connectivity index (χ1n) is 19.3. The number of halogens is 4. The molecule has 1 unspecified atom stereocenters. The first-order valence-corrected chi connectivity index (χ1v) is 20.0. The number of nitrogens with one attached hydrogen (secondary N) is 2. The summed E-state index contributed by atoms with van der Waals surface area (Å²) in [4.78, 5) is 55.8. The second-order valence-corrected chi connectivity index (χ2v) is 17.7. The third-order valence-corrected chi connectivity index (χ3v) is 10.7. The Labute approximate surface area is 358 Å². The number of anilines is 1. The number of carbonyl (C=O) groups is 4. The maximum absolute atomic E-state index is 16.1. The van der Waals surface area contributed by atoms with Gasteiger partial charge in [0.1, 0.15) is 28.4 Å². The van der Waals surface area contributed by atoms with E-state index in [1.54, 1.807) is 20.8 Å². The van der Waals surface area contributed by atoms with Crippen molar-refractivity contribution in [2.75, 3.05) is 38.6 Å². The highest BCUT2D eigenvalue weighted by Crippen LogP contribution is 2.53. The summed E-state index contributed by atoms with van der Waals surface area (Å²) in [6.45, 7) is 13.3. The van der Waals surface area contributed by atoms with Gasteiger partial charge in [0.15, 0.2) is 0 Å². The maximum Gasteiger partial charge on any atom is 0.412 e. The predicted molar refractivity (Wildman–Crippen MR) is 220 cm³/mol. The average molecular weight is 873 g/mol. The normalized spacial score (nSPS) is 21.1. The lowest BCUT2D eigenvalue weighted by Gasteiger charge is -2.37. The quantitative estimate of drug-likeness (QED) is 0.158. The largest absolute Gasteiger partial charge is 0.495 e. The molecular formula is C43H49Cl2F2N5O8. The van der Waals surface area contributed by atoms with Crippen LogP contribution < -0.4 is 15.4 Å². The Morgan fingerprint density at radius 2 is 1.60 bits per heavy atom. The van der Waals surface area contributed by atoms with Crippen LogP contribution in [0.5, 0.6) is 5.75 Å². The molecule has 2 fully saturated rings. The number of piperazine rings is 1. The van der Waals surface area contributed by atoms with Crippen LogP contribution in [0, 0.1) is 28.4 Å². The highest BCUT2D eigenvalue weighted by molar-refractivity contribution is 6.31. The van der Waals surface area contributed by atoms with Crippen LogP contribution in [-0.2, 0) is 24.4 Å². The second-order valence-electron chi connectivity index (χ2n) is 16.9. The Hall–Kier alpha value is -5.17. The van der Waals surface area contributed by atoms with Crippen molar-refractivity contribution < 1.29 is 46.9 Å². The summed E-state index contributed by atoms with van der Waals surface area (Å²) in [5, 5.41) is 17.0. The molecule has 2 aliphatic heterocycles. The van der Waals surface area contributed by atoms with E-state index in [1.807, 2.05) is 20.8 Å². The number of nitrogens with zero attached hydrogens (tertiary/aromatic N) is 3. The molecule has 0 radical (unpaired) electrons. The molecule has 0 spiro atoms. The molecule has 322 valence electrons. The zero-order chi connectivity index (χ0) is 44.3. The number of esters is 1. The third kappa shape index (κ3) is 10.2. The van der Waals surface area contributed by atoms with Crippen molar-refractivity contribution in [2.45, 2.75) is 90.2 Å². The highest BCUT2D eigenvalue weighted by Gasteiger charge is 2.61. The Morgan fingerprint density at radius 3 is 2.18 bits per heavy atom. The van der Waals surface area contributed by atoms with Crippen molar-refractivity contribution in [2.24, 2.45) is 5.41 Å². The number of methoxy groups -OCH3 is 1. The van der Waals surface area contributed by atoms with Crippen molar-refractivity contribution in [1.29, 1.82) is 5.26 Å². The lowest BCUT2D eigenvalue weighted by Crippen LogP contribution is -2.52. The van der Waals surface area contributed by atoms with Gasteiger partial charge in [-0.3, -0.25) is 4.79 Å². The van der Waals surface area contributed by atoms with Gasteiger partial charge >= 0.3 is 18.2 Å². The Kier molecular flexibility index (Phi) is 13.9. The number of hydrogen-bond acceptors (Lipinski definition) is 10. The van der Waals surface area contributed by atoms with Crippen LogP contribution in [0.25, 0.3) is 0 Å². The van der Waals surface area contributed by atoms with Crippen LogP contribution >= 0.6 is 23.2 Å². The van der Waals surface area contributed by atoms with Crippen molar-refractivity contribution in [3.8, 4) is 11.8 Å². The van der Waals surface area contributed by atoms with Gasteiger partial charge in [-0.1, -0.05) is 62.2 Å². The summed E-state index contributed by atoms with van der Waals surface area (Å²) in [6.07, 6.45) is -2.26. The molecule has 2 N–H and O–H groups in total. The minimum Gasteiger partial charge on any atom is -0.495 e. The summed E-state index contributed by atoms with van der Waals surface area (Å²) in [5.74, 6) is -4.53. The molecule has 17 heteroatoms. The van der Waals surface area contributed by atoms with Gasteiger partial charge in [-0.2, -0.15) is 5.26 Å². The molecule has 5 atom stereocenters. The molecule has 5 rings (SSSR count). The average Bonchev–Trinajstić information content (AvgIpc) is 3.48. The lowest BCUT2D eigenvalue weighted by atomic mass is 9.62. The summed E-state index contributed by atoms with van der Waals surface area (Å²) in [6, 6.07) is 12.3. The maximum atomic E-state index is 16.1. The van der Waals surface area contributed by atoms with E-state index in [1.165, 1.54) is 72.4 Å². The first kappa shape index (κ1) is 45.9. The molecule has 0 saturated carbocycles. The van der Waals surface area contributed by atoms with E-state index in [0.29, 0.717) is 0 Å². The van der Waals surface area contributed by atoms with Crippen LogP contribution in [0.2, 0.25) is 10.0 Å². The second kappa shape index (κ2) is 18.2. The molecule has 2 aliphatic rings. The Bertz CT molecular complexity index is 2170. The number of hydrogen-bond donors (Lipinski definition) is 2. The molecule has 2 saturated heterocycles. The van der Waals surface area contributed by atoms with E-state index >= 15 is 8.78 Å². The first-order chi connectivity index (χ1) is 28.1. The van der Waals surface area contributed by atoms with Gasteiger partial charge in [0.05, 0.1) is 35.5 Å². The number of ether oxygens (including phenoxy) is 4. The third-order valence-electron chi connectivity index (χ3n) is 10.2. The summed E-state index contributed by atoms with van der Waals surface area (Å²) >= 11 is 12.4. The van der Waals surface area contributed by atoms with Gasteiger partial charge in [0.2, 0.25) is 12.2 Å². The summed E-state index contributed by atoms with van der Waals surface area (Å²) in [7, 11) is 1.31. The molecule has 0 aliphatic carbocycles. The smallest absolute Gasteiger partial charge is 0.412 e. The van der Waals surface area contributed by atoms with Gasteiger partial charge in [0.25, 0.3) is 0 Å². The van der Waals surface area contributed by atoms with E-state index in [2.05, 4.69) is 16.7 Å². The molecule has 2 heterocycles. The van der Waals surface area contributed by atoms with Crippen LogP contribution in [0.1, 0.15) is 82.3 Å². The topological polar surface area (TPSA) is 160 Å². The number of rotatable bonds is 9. The van der Waals surface area contributed by atoms with E-state index in [0.717, 1.165) is 6.07 Å². The zero-order valence-corrected chi connectivity index (χ0v) is 36.2. The van der Waals surface area contributed by atoms with Crippen molar-refractivity contribution >= 4 is 53.0 Å². The molecule has 13 nitrogen and oxygen atoms in total. The Balaban J connectivity index is 1.36. The van der Waals surface area contributed by atoms with Crippen LogP contribution in [0.3, 0.4) is 0 Å². The van der Waals surface area contributed by atoms with Gasteiger partial charge in [-0.05, 0) is 74.6 Å². The van der Waals surface area contributed by atoms with Gasteiger partial charge in [-0.25, -0.2) is 23.2 Å². The SMILES string of the molecule is COc1cc(C(=O)OC(C)OC(=O)N2CCN(C(=O)OC(C)(C)C)CC2)ccc1NC(=O)[C@@H]1N[C@@H](CC(C)(C)C)[C@](C#N)(c2ccc(Cl)cc2F)[C@H]1c1cccc(Cl)c1F. The number of amides is 3. The van der Waals surface area contributed by atoms with Crippen molar-refractivity contribution in [3.63, 3.8) is 0 Å². The monoisotopic (exact) mass is 871 g/mol. The Morgan fingerprint density at radius 1 is 0.950 bits per heavy atom.